The third-order valence-electron chi connectivity index (χ3n) is 7.37. The van der Waals surface area contributed by atoms with E-state index in [9.17, 15) is 15.0 Å². The predicted octanol–water partition coefficient (Wildman–Crippen LogP) is 8.62. The number of carbonyl (C=O) groups excluding carboxylic acids is 1. The van der Waals surface area contributed by atoms with Gasteiger partial charge in [0.25, 0.3) is 0 Å². The van der Waals surface area contributed by atoms with Crippen LogP contribution in [0.1, 0.15) is 174 Å². The molecule has 35 heavy (non-hydrogen) atoms. The lowest BCUT2D eigenvalue weighted by atomic mass is 10.0. The lowest BCUT2D eigenvalue weighted by Gasteiger charge is -2.22. The standard InChI is InChI=1S/C31H63NO3/c1-3-5-7-9-11-13-15-17-19-21-23-25-27-31(35)32-29(28-33)30(34)26-24-22-20-18-16-14-12-10-8-6-4-2/h29-30,33-34H,3-28H2,1-2H3,(H,32,35)/t29-,30+/m0/s1. The zero-order chi connectivity index (χ0) is 25.8. The summed E-state index contributed by atoms with van der Waals surface area (Å²) in [6.07, 6.45) is 30.0. The van der Waals surface area contributed by atoms with Crippen molar-refractivity contribution in [3.05, 3.63) is 0 Å². The normalized spacial score (nSPS) is 13.1. The van der Waals surface area contributed by atoms with Gasteiger partial charge in [-0.05, 0) is 12.8 Å². The number of amides is 1. The Labute approximate surface area is 219 Å². The lowest BCUT2D eigenvalue weighted by Crippen LogP contribution is -2.45. The molecule has 4 nitrogen and oxygen atoms in total. The van der Waals surface area contributed by atoms with E-state index >= 15 is 0 Å². The molecule has 0 heterocycles. The molecule has 0 saturated heterocycles. The first-order valence-corrected chi connectivity index (χ1v) is 15.7. The van der Waals surface area contributed by atoms with E-state index in [2.05, 4.69) is 19.2 Å². The van der Waals surface area contributed by atoms with Crippen molar-refractivity contribution in [1.82, 2.24) is 5.32 Å². The van der Waals surface area contributed by atoms with Crippen LogP contribution in [0, 0.1) is 0 Å². The first kappa shape index (κ1) is 34.4. The van der Waals surface area contributed by atoms with Gasteiger partial charge in [0.1, 0.15) is 0 Å². The van der Waals surface area contributed by atoms with Gasteiger partial charge in [-0.15, -0.1) is 0 Å². The fourth-order valence-electron chi connectivity index (χ4n) is 4.89. The Bertz CT molecular complexity index is 429. The summed E-state index contributed by atoms with van der Waals surface area (Å²) in [5.74, 6) is -0.0332. The van der Waals surface area contributed by atoms with Crippen molar-refractivity contribution in [1.29, 1.82) is 0 Å². The van der Waals surface area contributed by atoms with Gasteiger partial charge >= 0.3 is 0 Å². The molecule has 0 fully saturated rings. The minimum absolute atomic E-state index is 0.0332. The summed E-state index contributed by atoms with van der Waals surface area (Å²) in [6, 6.07) is -0.525. The van der Waals surface area contributed by atoms with E-state index in [-0.39, 0.29) is 12.5 Å². The molecule has 0 aromatic carbocycles. The molecule has 0 aliphatic rings. The summed E-state index contributed by atoms with van der Waals surface area (Å²) >= 11 is 0. The molecule has 2 atom stereocenters. The van der Waals surface area contributed by atoms with Crippen LogP contribution >= 0.6 is 0 Å². The van der Waals surface area contributed by atoms with Crippen LogP contribution in [0.15, 0.2) is 0 Å². The highest BCUT2D eigenvalue weighted by Gasteiger charge is 2.19. The molecule has 0 aromatic heterocycles. The lowest BCUT2D eigenvalue weighted by molar-refractivity contribution is -0.123. The molecule has 0 radical (unpaired) electrons. The highest BCUT2D eigenvalue weighted by Crippen LogP contribution is 2.14. The summed E-state index contributed by atoms with van der Waals surface area (Å²) < 4.78 is 0. The number of carbonyl (C=O) groups is 1. The van der Waals surface area contributed by atoms with Crippen LogP contribution in [0.5, 0.6) is 0 Å². The van der Waals surface area contributed by atoms with Crippen LogP contribution in [0.4, 0.5) is 0 Å². The quantitative estimate of drug-likeness (QED) is 0.0947. The zero-order valence-electron chi connectivity index (χ0n) is 23.8. The van der Waals surface area contributed by atoms with Gasteiger partial charge in [-0.25, -0.2) is 0 Å². The molecule has 3 N–H and O–H groups in total. The fourth-order valence-corrected chi connectivity index (χ4v) is 4.89. The van der Waals surface area contributed by atoms with Crippen molar-refractivity contribution in [3.8, 4) is 0 Å². The van der Waals surface area contributed by atoms with Crippen molar-refractivity contribution in [2.75, 3.05) is 6.61 Å². The van der Waals surface area contributed by atoms with Gasteiger partial charge in [0.2, 0.25) is 5.91 Å². The highest BCUT2D eigenvalue weighted by molar-refractivity contribution is 5.76. The van der Waals surface area contributed by atoms with E-state index < -0.39 is 12.1 Å². The number of nitrogens with one attached hydrogen (secondary N) is 1. The second kappa shape index (κ2) is 28.0. The van der Waals surface area contributed by atoms with Crippen molar-refractivity contribution < 1.29 is 15.0 Å². The summed E-state index contributed by atoms with van der Waals surface area (Å²) in [4.78, 5) is 12.2. The highest BCUT2D eigenvalue weighted by atomic mass is 16.3. The molecule has 0 rings (SSSR count). The van der Waals surface area contributed by atoms with E-state index in [1.165, 1.54) is 122 Å². The van der Waals surface area contributed by atoms with Gasteiger partial charge in [0.15, 0.2) is 0 Å². The number of hydrogen-bond donors (Lipinski definition) is 3. The summed E-state index contributed by atoms with van der Waals surface area (Å²) in [5.41, 5.74) is 0. The van der Waals surface area contributed by atoms with Crippen LogP contribution in [0.3, 0.4) is 0 Å². The third-order valence-corrected chi connectivity index (χ3v) is 7.37. The Kier molecular flexibility index (Phi) is 27.5. The molecule has 0 aromatic rings. The number of unbranched alkanes of at least 4 members (excludes halogenated alkanes) is 21. The monoisotopic (exact) mass is 497 g/mol. The molecule has 0 spiro atoms. The smallest absolute Gasteiger partial charge is 0.220 e. The molecule has 4 heteroatoms. The SMILES string of the molecule is CCCCCCCCCCCCCCC(=O)N[C@@H](CO)[C@H](O)CCCCCCCCCCCCC. The molecule has 210 valence electrons. The Balaban J connectivity index is 3.58. The van der Waals surface area contributed by atoms with Crippen LogP contribution < -0.4 is 5.32 Å². The minimum atomic E-state index is -0.649. The third kappa shape index (κ3) is 24.8. The van der Waals surface area contributed by atoms with Crippen molar-refractivity contribution in [2.45, 2.75) is 187 Å². The van der Waals surface area contributed by atoms with Gasteiger partial charge in [0.05, 0.1) is 18.8 Å². The van der Waals surface area contributed by atoms with Gasteiger partial charge in [-0.3, -0.25) is 4.79 Å². The Morgan fingerprint density at radius 2 is 0.914 bits per heavy atom. The Morgan fingerprint density at radius 1 is 0.571 bits per heavy atom. The van der Waals surface area contributed by atoms with Crippen LogP contribution in [-0.4, -0.2) is 34.9 Å². The maximum Gasteiger partial charge on any atom is 0.220 e. The van der Waals surface area contributed by atoms with E-state index in [1.54, 1.807) is 0 Å². The van der Waals surface area contributed by atoms with E-state index in [1.807, 2.05) is 0 Å². The molecular weight excluding hydrogens is 434 g/mol. The van der Waals surface area contributed by atoms with Gasteiger partial charge in [-0.1, -0.05) is 155 Å². The molecule has 0 bridgehead atoms. The minimum Gasteiger partial charge on any atom is -0.394 e. The van der Waals surface area contributed by atoms with E-state index in [0.717, 1.165) is 25.7 Å². The first-order valence-electron chi connectivity index (χ1n) is 15.7. The average molecular weight is 498 g/mol. The summed E-state index contributed by atoms with van der Waals surface area (Å²) in [5, 5.41) is 22.9. The van der Waals surface area contributed by atoms with Crippen molar-refractivity contribution in [3.63, 3.8) is 0 Å². The number of rotatable bonds is 28. The largest absolute Gasteiger partial charge is 0.394 e. The number of aliphatic hydroxyl groups is 2. The summed E-state index contributed by atoms with van der Waals surface area (Å²) in [7, 11) is 0. The maximum absolute atomic E-state index is 12.2. The number of hydrogen-bond acceptors (Lipinski definition) is 3. The van der Waals surface area contributed by atoms with E-state index in [0.29, 0.717) is 12.8 Å². The second-order valence-electron chi connectivity index (χ2n) is 10.9. The molecule has 0 aliphatic heterocycles. The van der Waals surface area contributed by atoms with Gasteiger partial charge in [0, 0.05) is 6.42 Å². The first-order chi connectivity index (χ1) is 17.2. The molecular formula is C31H63NO3. The maximum atomic E-state index is 12.2. The number of aliphatic hydroxyl groups excluding tert-OH is 2. The van der Waals surface area contributed by atoms with E-state index in [4.69, 9.17) is 0 Å². The predicted molar refractivity (Wildman–Crippen MR) is 152 cm³/mol. The average Bonchev–Trinajstić information content (AvgIpc) is 2.86. The van der Waals surface area contributed by atoms with Crippen LogP contribution in [0.2, 0.25) is 0 Å². The second-order valence-corrected chi connectivity index (χ2v) is 10.9. The van der Waals surface area contributed by atoms with Crippen molar-refractivity contribution >= 4 is 5.91 Å². The summed E-state index contributed by atoms with van der Waals surface area (Å²) in [6.45, 7) is 4.33. The van der Waals surface area contributed by atoms with Crippen LogP contribution in [0.25, 0.3) is 0 Å². The molecule has 0 aliphatic carbocycles. The Hall–Kier alpha value is -0.610. The van der Waals surface area contributed by atoms with Gasteiger partial charge < -0.3 is 15.5 Å². The van der Waals surface area contributed by atoms with Gasteiger partial charge in [-0.2, -0.15) is 0 Å². The topological polar surface area (TPSA) is 69.6 Å². The zero-order valence-corrected chi connectivity index (χ0v) is 23.8. The molecule has 0 saturated carbocycles. The van der Waals surface area contributed by atoms with Crippen LogP contribution in [-0.2, 0) is 4.79 Å². The Morgan fingerprint density at radius 3 is 1.29 bits per heavy atom. The molecule has 1 amide bonds. The fraction of sp³-hybridized carbons (Fsp3) is 0.968. The van der Waals surface area contributed by atoms with Crippen molar-refractivity contribution in [2.24, 2.45) is 0 Å². The molecule has 0 unspecified atom stereocenters.